The Hall–Kier alpha value is -1.24. The molecule has 96 valence electrons. The summed E-state index contributed by atoms with van der Waals surface area (Å²) in [4.78, 5) is 2.32. The molecule has 1 heterocycles. The first-order valence-corrected chi connectivity index (χ1v) is 6.71. The van der Waals surface area contributed by atoms with E-state index in [1.165, 1.54) is 0 Å². The third-order valence-electron chi connectivity index (χ3n) is 3.45. The first-order valence-electron chi connectivity index (χ1n) is 6.33. The highest BCUT2D eigenvalue weighted by atomic mass is 35.5. The molecule has 0 radical (unpaired) electrons. The van der Waals surface area contributed by atoms with Gasteiger partial charge >= 0.3 is 0 Å². The Labute approximate surface area is 113 Å². The van der Waals surface area contributed by atoms with Crippen LogP contribution < -0.4 is 10.2 Å². The molecule has 3 nitrogen and oxygen atoms in total. The molecule has 0 saturated carbocycles. The van der Waals surface area contributed by atoms with Crippen molar-refractivity contribution < 1.29 is 0 Å². The van der Waals surface area contributed by atoms with Crippen LogP contribution in [-0.4, -0.2) is 25.7 Å². The van der Waals surface area contributed by atoms with Crippen LogP contribution in [0, 0.1) is 18.3 Å². The summed E-state index contributed by atoms with van der Waals surface area (Å²) >= 11 is 6.19. The molecule has 1 aliphatic heterocycles. The van der Waals surface area contributed by atoms with Crippen molar-refractivity contribution in [3.8, 4) is 6.07 Å². The second kappa shape index (κ2) is 6.08. The van der Waals surface area contributed by atoms with E-state index in [4.69, 9.17) is 16.9 Å². The number of nitriles is 1. The second-order valence-electron chi connectivity index (χ2n) is 4.65. The highest BCUT2D eigenvalue weighted by Crippen LogP contribution is 2.29. The minimum atomic E-state index is 0.231. The van der Waals surface area contributed by atoms with E-state index in [1.807, 2.05) is 19.1 Å². The second-order valence-corrected chi connectivity index (χ2v) is 5.06. The van der Waals surface area contributed by atoms with Gasteiger partial charge in [-0.2, -0.15) is 5.26 Å². The van der Waals surface area contributed by atoms with Crippen LogP contribution in [0.2, 0.25) is 5.02 Å². The smallest absolute Gasteiger partial charge is 0.0643 e. The summed E-state index contributed by atoms with van der Waals surface area (Å²) in [5.41, 5.74) is 2.26. The van der Waals surface area contributed by atoms with Crippen molar-refractivity contribution >= 4 is 17.3 Å². The summed E-state index contributed by atoms with van der Waals surface area (Å²) in [5, 5.41) is 13.2. The number of anilines is 1. The van der Waals surface area contributed by atoms with Gasteiger partial charge in [-0.3, -0.25) is 0 Å². The maximum atomic E-state index is 8.97. The molecule has 1 aromatic rings. The van der Waals surface area contributed by atoms with E-state index in [0.717, 1.165) is 42.3 Å². The quantitative estimate of drug-likeness (QED) is 0.892. The standard InChI is InChI=1S/C14H18ClN3/c1-11-13(15)4-2-5-14(11)18-9-3-8-17-10-12(18)6-7-16/h2,4-5,12,17H,3,6,8-10H2,1H3. The fourth-order valence-electron chi connectivity index (χ4n) is 2.45. The number of halogens is 1. The van der Waals surface area contributed by atoms with Gasteiger partial charge in [-0.05, 0) is 37.6 Å². The van der Waals surface area contributed by atoms with E-state index in [0.29, 0.717) is 6.42 Å². The Morgan fingerprint density at radius 3 is 3.17 bits per heavy atom. The van der Waals surface area contributed by atoms with E-state index >= 15 is 0 Å². The third-order valence-corrected chi connectivity index (χ3v) is 3.86. The Morgan fingerprint density at radius 1 is 1.56 bits per heavy atom. The van der Waals surface area contributed by atoms with Crippen LogP contribution in [0.4, 0.5) is 5.69 Å². The van der Waals surface area contributed by atoms with Crippen LogP contribution in [0.3, 0.4) is 0 Å². The van der Waals surface area contributed by atoms with Gasteiger partial charge in [0.1, 0.15) is 0 Å². The SMILES string of the molecule is Cc1c(Cl)cccc1N1CCCNCC1CC#N. The van der Waals surface area contributed by atoms with Crippen molar-refractivity contribution in [2.75, 3.05) is 24.5 Å². The number of hydrogen-bond acceptors (Lipinski definition) is 3. The number of nitrogens with one attached hydrogen (secondary N) is 1. The predicted molar refractivity (Wildman–Crippen MR) is 75.0 cm³/mol. The summed E-state index contributed by atoms with van der Waals surface area (Å²) in [6.45, 7) is 4.89. The largest absolute Gasteiger partial charge is 0.366 e. The molecular formula is C14H18ClN3. The monoisotopic (exact) mass is 263 g/mol. The van der Waals surface area contributed by atoms with Gasteiger partial charge in [0.05, 0.1) is 18.5 Å². The lowest BCUT2D eigenvalue weighted by Gasteiger charge is -2.32. The molecule has 1 aliphatic rings. The van der Waals surface area contributed by atoms with E-state index < -0.39 is 0 Å². The lowest BCUT2D eigenvalue weighted by Crippen LogP contribution is -2.40. The molecule has 0 aromatic heterocycles. The maximum absolute atomic E-state index is 8.97. The van der Waals surface area contributed by atoms with Gasteiger partial charge < -0.3 is 10.2 Å². The summed E-state index contributed by atoms with van der Waals surface area (Å²) in [5.74, 6) is 0. The van der Waals surface area contributed by atoms with E-state index in [9.17, 15) is 0 Å². The van der Waals surface area contributed by atoms with Crippen LogP contribution in [0.5, 0.6) is 0 Å². The first kappa shape index (κ1) is 13.2. The Balaban J connectivity index is 2.32. The van der Waals surface area contributed by atoms with Gasteiger partial charge in [0.15, 0.2) is 0 Å². The van der Waals surface area contributed by atoms with Gasteiger partial charge in [-0.25, -0.2) is 0 Å². The van der Waals surface area contributed by atoms with Crippen LogP contribution in [0.15, 0.2) is 18.2 Å². The van der Waals surface area contributed by atoms with Crippen LogP contribution in [-0.2, 0) is 0 Å². The average Bonchev–Trinajstić information content (AvgIpc) is 2.59. The van der Waals surface area contributed by atoms with E-state index in [-0.39, 0.29) is 6.04 Å². The predicted octanol–water partition coefficient (Wildman–Crippen LogP) is 2.73. The summed E-state index contributed by atoms with van der Waals surface area (Å²) in [7, 11) is 0. The van der Waals surface area contributed by atoms with Gasteiger partial charge in [-0.15, -0.1) is 0 Å². The summed E-state index contributed by atoms with van der Waals surface area (Å²) < 4.78 is 0. The minimum absolute atomic E-state index is 0.231. The van der Waals surface area contributed by atoms with Gasteiger partial charge in [0.25, 0.3) is 0 Å². The Kier molecular flexibility index (Phi) is 4.46. The maximum Gasteiger partial charge on any atom is 0.0643 e. The molecule has 1 unspecified atom stereocenters. The van der Waals surface area contributed by atoms with Crippen molar-refractivity contribution in [2.45, 2.75) is 25.8 Å². The molecule has 1 N–H and O–H groups in total. The van der Waals surface area contributed by atoms with Gasteiger partial charge in [0, 0.05) is 23.8 Å². The lowest BCUT2D eigenvalue weighted by molar-refractivity contribution is 0.596. The molecular weight excluding hydrogens is 246 g/mol. The minimum Gasteiger partial charge on any atom is -0.366 e. The van der Waals surface area contributed by atoms with Crippen molar-refractivity contribution in [3.63, 3.8) is 0 Å². The molecule has 0 spiro atoms. The van der Waals surface area contributed by atoms with Gasteiger partial charge in [-0.1, -0.05) is 17.7 Å². The molecule has 1 fully saturated rings. The zero-order valence-corrected chi connectivity index (χ0v) is 11.4. The lowest BCUT2D eigenvalue weighted by atomic mass is 10.1. The highest BCUT2D eigenvalue weighted by molar-refractivity contribution is 6.31. The summed E-state index contributed by atoms with van der Waals surface area (Å²) in [6, 6.07) is 8.50. The molecule has 0 aliphatic carbocycles. The van der Waals surface area contributed by atoms with Crippen molar-refractivity contribution in [2.24, 2.45) is 0 Å². The zero-order chi connectivity index (χ0) is 13.0. The molecule has 0 bridgehead atoms. The van der Waals surface area contributed by atoms with E-state index in [2.05, 4.69) is 22.4 Å². The number of hydrogen-bond donors (Lipinski definition) is 1. The topological polar surface area (TPSA) is 39.1 Å². The van der Waals surface area contributed by atoms with Crippen LogP contribution >= 0.6 is 11.6 Å². The van der Waals surface area contributed by atoms with Gasteiger partial charge in [0.2, 0.25) is 0 Å². The normalized spacial score (nSPS) is 20.3. The number of rotatable bonds is 2. The Bertz CT molecular complexity index is 453. The fourth-order valence-corrected chi connectivity index (χ4v) is 2.62. The molecule has 1 atom stereocenters. The van der Waals surface area contributed by atoms with E-state index in [1.54, 1.807) is 0 Å². The Morgan fingerprint density at radius 2 is 2.39 bits per heavy atom. The average molecular weight is 264 g/mol. The fraction of sp³-hybridized carbons (Fsp3) is 0.500. The zero-order valence-electron chi connectivity index (χ0n) is 10.6. The number of nitrogens with zero attached hydrogens (tertiary/aromatic N) is 2. The molecule has 4 heteroatoms. The van der Waals surface area contributed by atoms with Crippen molar-refractivity contribution in [3.05, 3.63) is 28.8 Å². The van der Waals surface area contributed by atoms with Crippen LogP contribution in [0.25, 0.3) is 0 Å². The number of benzene rings is 1. The van der Waals surface area contributed by atoms with Crippen LogP contribution in [0.1, 0.15) is 18.4 Å². The first-order chi connectivity index (χ1) is 8.74. The third kappa shape index (κ3) is 2.77. The molecule has 2 rings (SSSR count). The molecule has 1 aromatic carbocycles. The summed E-state index contributed by atoms with van der Waals surface area (Å²) in [6.07, 6.45) is 1.63. The van der Waals surface area contributed by atoms with Crippen molar-refractivity contribution in [1.82, 2.24) is 5.32 Å². The van der Waals surface area contributed by atoms with Crippen molar-refractivity contribution in [1.29, 1.82) is 5.26 Å². The molecule has 18 heavy (non-hydrogen) atoms. The molecule has 1 saturated heterocycles. The molecule has 0 amide bonds. The highest BCUT2D eigenvalue weighted by Gasteiger charge is 2.22.